The smallest absolute Gasteiger partial charge is 0.331 e. The van der Waals surface area contributed by atoms with Crippen molar-refractivity contribution in [1.29, 1.82) is 0 Å². The molecule has 2 aromatic rings. The van der Waals surface area contributed by atoms with Crippen LogP contribution in [-0.4, -0.2) is 35.4 Å². The number of nitrogens with one attached hydrogen (secondary N) is 2. The van der Waals surface area contributed by atoms with Crippen LogP contribution in [0.1, 0.15) is 16.1 Å². The second-order valence-electron chi connectivity index (χ2n) is 4.83. The van der Waals surface area contributed by atoms with Gasteiger partial charge in [0.05, 0.1) is 23.7 Å². The summed E-state index contributed by atoms with van der Waals surface area (Å²) in [6, 6.07) is 6.37. The van der Waals surface area contributed by atoms with Crippen molar-refractivity contribution in [1.82, 2.24) is 19.8 Å². The molecule has 0 atom stereocenters. The minimum atomic E-state index is -0.576. The van der Waals surface area contributed by atoms with Crippen molar-refractivity contribution in [3.63, 3.8) is 0 Å². The number of ether oxygens (including phenoxy) is 1. The zero-order valence-corrected chi connectivity index (χ0v) is 16.2. The van der Waals surface area contributed by atoms with Gasteiger partial charge in [-0.15, -0.1) is 0 Å². The lowest BCUT2D eigenvalue weighted by Gasteiger charge is -2.05. The molecule has 1 heterocycles. The van der Waals surface area contributed by atoms with E-state index in [0.717, 1.165) is 26.1 Å². The number of urea groups is 1. The van der Waals surface area contributed by atoms with Gasteiger partial charge in [-0.3, -0.25) is 19.5 Å². The number of carbonyl (C=O) groups is 2. The predicted octanol–water partition coefficient (Wildman–Crippen LogP) is 2.59. The summed E-state index contributed by atoms with van der Waals surface area (Å²) in [6.07, 6.45) is 1.82. The first-order valence-corrected chi connectivity index (χ1v) is 8.96. The summed E-state index contributed by atoms with van der Waals surface area (Å²) in [5.41, 5.74) is 1.22. The van der Waals surface area contributed by atoms with Gasteiger partial charge in [-0.1, -0.05) is 0 Å². The highest BCUT2D eigenvalue weighted by molar-refractivity contribution is 14.1. The van der Waals surface area contributed by atoms with Crippen LogP contribution in [0.4, 0.5) is 4.79 Å². The number of benzene rings is 1. The highest BCUT2D eigenvalue weighted by Gasteiger charge is 2.12. The number of nitrogens with zero attached hydrogens (tertiary/aromatic N) is 2. The molecule has 0 spiro atoms. The van der Waals surface area contributed by atoms with E-state index in [-0.39, 0.29) is 0 Å². The van der Waals surface area contributed by atoms with Crippen LogP contribution in [0.5, 0.6) is 0 Å². The van der Waals surface area contributed by atoms with E-state index in [1.807, 2.05) is 13.1 Å². The molecule has 3 amide bonds. The van der Waals surface area contributed by atoms with Crippen molar-refractivity contribution in [2.45, 2.75) is 18.4 Å². The molecular weight excluding hydrogens is 443 g/mol. The number of amides is 3. The lowest BCUT2D eigenvalue weighted by Crippen LogP contribution is -2.36. The Balaban J connectivity index is 1.85. The van der Waals surface area contributed by atoms with Gasteiger partial charge >= 0.3 is 6.03 Å². The molecule has 0 fully saturated rings. The number of imide groups is 1. The SMILES string of the molecule is COCCn1cc(SNC(=O)NC(=O)c2ccc(I)cc2)c(C)n1. The van der Waals surface area contributed by atoms with Crippen molar-refractivity contribution in [2.24, 2.45) is 0 Å². The predicted molar refractivity (Wildman–Crippen MR) is 99.9 cm³/mol. The Kier molecular flexibility index (Phi) is 7.06. The Morgan fingerprint density at radius 2 is 2.04 bits per heavy atom. The van der Waals surface area contributed by atoms with Crippen LogP contribution in [0.15, 0.2) is 35.4 Å². The van der Waals surface area contributed by atoms with E-state index in [4.69, 9.17) is 4.74 Å². The fourth-order valence-electron chi connectivity index (χ4n) is 1.80. The lowest BCUT2D eigenvalue weighted by atomic mass is 10.2. The van der Waals surface area contributed by atoms with Crippen molar-refractivity contribution < 1.29 is 14.3 Å². The molecule has 0 aliphatic heterocycles. The molecule has 128 valence electrons. The van der Waals surface area contributed by atoms with Gasteiger partial charge in [0.15, 0.2) is 0 Å². The van der Waals surface area contributed by atoms with Crippen LogP contribution in [0, 0.1) is 10.5 Å². The summed E-state index contributed by atoms with van der Waals surface area (Å²) < 4.78 is 10.3. The number of hydrogen-bond donors (Lipinski definition) is 2. The maximum atomic E-state index is 12.0. The normalized spacial score (nSPS) is 10.5. The second-order valence-corrected chi connectivity index (χ2v) is 6.92. The molecule has 1 aromatic carbocycles. The quantitative estimate of drug-likeness (QED) is 0.512. The van der Waals surface area contributed by atoms with E-state index < -0.39 is 11.9 Å². The van der Waals surface area contributed by atoms with E-state index >= 15 is 0 Å². The first kappa shape index (κ1) is 18.7. The van der Waals surface area contributed by atoms with Crippen LogP contribution >= 0.6 is 34.5 Å². The van der Waals surface area contributed by atoms with E-state index in [0.29, 0.717) is 18.7 Å². The van der Waals surface area contributed by atoms with Crippen LogP contribution in [0.25, 0.3) is 0 Å². The van der Waals surface area contributed by atoms with Gasteiger partial charge in [0.25, 0.3) is 5.91 Å². The summed E-state index contributed by atoms with van der Waals surface area (Å²) in [7, 11) is 1.63. The number of aryl methyl sites for hydroxylation is 1. The third-order valence-electron chi connectivity index (χ3n) is 3.01. The molecule has 0 saturated carbocycles. The molecular formula is C15H17IN4O3S. The first-order valence-electron chi connectivity index (χ1n) is 7.06. The molecule has 0 unspecified atom stereocenters. The van der Waals surface area contributed by atoms with Gasteiger partial charge in [0.1, 0.15) is 0 Å². The number of hydrogen-bond acceptors (Lipinski definition) is 5. The Morgan fingerprint density at radius 3 is 2.71 bits per heavy atom. The number of aromatic nitrogens is 2. The van der Waals surface area contributed by atoms with Gasteiger partial charge in [0, 0.05) is 22.4 Å². The summed E-state index contributed by atoms with van der Waals surface area (Å²) in [5, 5.41) is 6.61. The zero-order chi connectivity index (χ0) is 17.5. The maximum Gasteiger partial charge on any atom is 0.331 e. The summed E-state index contributed by atoms with van der Waals surface area (Å²) in [4.78, 5) is 24.6. The molecule has 7 nitrogen and oxygen atoms in total. The summed E-state index contributed by atoms with van der Waals surface area (Å²) in [6.45, 7) is 3.04. The highest BCUT2D eigenvalue weighted by Crippen LogP contribution is 2.18. The van der Waals surface area contributed by atoms with Gasteiger partial charge in [0.2, 0.25) is 0 Å². The second kappa shape index (κ2) is 9.04. The van der Waals surface area contributed by atoms with Crippen LogP contribution in [-0.2, 0) is 11.3 Å². The van der Waals surface area contributed by atoms with Crippen molar-refractivity contribution in [3.05, 3.63) is 45.3 Å². The molecule has 0 aliphatic rings. The molecule has 0 saturated heterocycles. The minimum Gasteiger partial charge on any atom is -0.383 e. The first-order chi connectivity index (χ1) is 11.5. The Labute approximate surface area is 157 Å². The molecule has 0 aliphatic carbocycles. The van der Waals surface area contributed by atoms with Gasteiger partial charge in [-0.2, -0.15) is 5.10 Å². The van der Waals surface area contributed by atoms with Gasteiger partial charge in [-0.05, 0) is 65.7 Å². The number of rotatable bonds is 6. The standard InChI is InChI=1S/C15H17IN4O3S/c1-10-13(9-20(18-10)7-8-23-2)24-19-15(22)17-14(21)11-3-5-12(16)6-4-11/h3-6,9H,7-8H2,1-2H3,(H2,17,19,21,22). The Bertz CT molecular complexity index is 718. The molecule has 2 rings (SSSR count). The van der Waals surface area contributed by atoms with E-state index in [2.05, 4.69) is 37.7 Å². The monoisotopic (exact) mass is 460 g/mol. The molecule has 2 N–H and O–H groups in total. The molecule has 0 radical (unpaired) electrons. The van der Waals surface area contributed by atoms with E-state index in [1.165, 1.54) is 0 Å². The number of halogens is 1. The molecule has 9 heteroatoms. The van der Waals surface area contributed by atoms with Crippen LogP contribution < -0.4 is 10.0 Å². The average Bonchev–Trinajstić information content (AvgIpc) is 2.91. The summed E-state index contributed by atoms with van der Waals surface area (Å²) >= 11 is 3.26. The Hall–Kier alpha value is -1.59. The van der Waals surface area contributed by atoms with E-state index in [9.17, 15) is 9.59 Å². The fourth-order valence-corrected chi connectivity index (χ4v) is 2.78. The van der Waals surface area contributed by atoms with Crippen molar-refractivity contribution >= 4 is 46.5 Å². The topological polar surface area (TPSA) is 85.2 Å². The molecule has 0 bridgehead atoms. The maximum absolute atomic E-state index is 12.0. The molecule has 24 heavy (non-hydrogen) atoms. The third kappa shape index (κ3) is 5.49. The zero-order valence-electron chi connectivity index (χ0n) is 13.2. The van der Waals surface area contributed by atoms with Gasteiger partial charge < -0.3 is 4.74 Å². The van der Waals surface area contributed by atoms with Crippen molar-refractivity contribution in [3.8, 4) is 0 Å². The highest BCUT2D eigenvalue weighted by atomic mass is 127. The summed E-state index contributed by atoms with van der Waals surface area (Å²) in [5.74, 6) is -0.447. The van der Waals surface area contributed by atoms with Crippen LogP contribution in [0.2, 0.25) is 0 Å². The number of methoxy groups -OCH3 is 1. The largest absolute Gasteiger partial charge is 0.383 e. The molecule has 1 aromatic heterocycles. The fraction of sp³-hybridized carbons (Fsp3) is 0.267. The third-order valence-corrected chi connectivity index (χ3v) is 4.64. The lowest BCUT2D eigenvalue weighted by molar-refractivity contribution is 0.0965. The van der Waals surface area contributed by atoms with Gasteiger partial charge in [-0.25, -0.2) is 4.79 Å². The Morgan fingerprint density at radius 1 is 1.33 bits per heavy atom. The minimum absolute atomic E-state index is 0.430. The van der Waals surface area contributed by atoms with Crippen LogP contribution in [0.3, 0.4) is 0 Å². The number of carbonyl (C=O) groups excluding carboxylic acids is 2. The van der Waals surface area contributed by atoms with Crippen molar-refractivity contribution in [2.75, 3.05) is 13.7 Å². The van der Waals surface area contributed by atoms with E-state index in [1.54, 1.807) is 36.1 Å². The average molecular weight is 460 g/mol.